The molecule has 3 aromatic rings. The van der Waals surface area contributed by atoms with Crippen molar-refractivity contribution in [3.8, 4) is 0 Å². The van der Waals surface area contributed by atoms with E-state index in [9.17, 15) is 4.79 Å². The van der Waals surface area contributed by atoms with Crippen LogP contribution >= 0.6 is 0 Å². The van der Waals surface area contributed by atoms with Gasteiger partial charge in [0.15, 0.2) is 5.78 Å². The molecule has 0 unspecified atom stereocenters. The number of Topliss-reactive ketones (excluding diaryl/α,β-unsaturated/α-hetero) is 1. The lowest BCUT2D eigenvalue weighted by atomic mass is 9.93. The molecule has 0 aliphatic carbocycles. The second-order valence-corrected chi connectivity index (χ2v) is 4.94. The van der Waals surface area contributed by atoms with E-state index in [2.05, 4.69) is 24.8 Å². The highest BCUT2D eigenvalue weighted by Crippen LogP contribution is 2.29. The van der Waals surface area contributed by atoms with Crippen molar-refractivity contribution < 1.29 is 4.79 Å². The molecule has 0 aliphatic rings. The van der Waals surface area contributed by atoms with Crippen LogP contribution in [0.2, 0.25) is 0 Å². The molecule has 20 heavy (non-hydrogen) atoms. The van der Waals surface area contributed by atoms with Crippen LogP contribution in [0, 0.1) is 0 Å². The monoisotopic (exact) mass is 260 g/mol. The normalized spacial score (nSPS) is 10.8. The number of hydrogen-bond acceptors (Lipinski definition) is 1. The highest BCUT2D eigenvalue weighted by Gasteiger charge is 2.13. The lowest BCUT2D eigenvalue weighted by Crippen LogP contribution is -2.01. The Kier molecular flexibility index (Phi) is 3.34. The zero-order valence-corrected chi connectivity index (χ0v) is 11.3. The van der Waals surface area contributed by atoms with Gasteiger partial charge in [-0.25, -0.2) is 0 Å². The summed E-state index contributed by atoms with van der Waals surface area (Å²) in [4.78, 5) is 12.6. The summed E-state index contributed by atoms with van der Waals surface area (Å²) in [5, 5.41) is 4.32. The fourth-order valence-corrected chi connectivity index (χ4v) is 2.67. The molecule has 0 atom stereocenters. The van der Waals surface area contributed by atoms with Crippen molar-refractivity contribution in [1.29, 1.82) is 0 Å². The fraction of sp³-hybridized carbons (Fsp3) is 0.105. The summed E-state index contributed by atoms with van der Waals surface area (Å²) in [6.45, 7) is 3.70. The second-order valence-electron chi connectivity index (χ2n) is 4.94. The van der Waals surface area contributed by atoms with Gasteiger partial charge in [-0.15, -0.1) is 6.58 Å². The van der Waals surface area contributed by atoms with Gasteiger partial charge in [-0.05, 0) is 34.0 Å². The van der Waals surface area contributed by atoms with Crippen molar-refractivity contribution in [3.05, 3.63) is 72.8 Å². The maximum atomic E-state index is 12.6. The minimum Gasteiger partial charge on any atom is -0.294 e. The first-order chi connectivity index (χ1) is 9.81. The van der Waals surface area contributed by atoms with Crippen molar-refractivity contribution in [2.24, 2.45) is 0 Å². The fourth-order valence-electron chi connectivity index (χ4n) is 2.67. The third kappa shape index (κ3) is 2.12. The molecule has 1 nitrogen and oxygen atoms in total. The summed E-state index contributed by atoms with van der Waals surface area (Å²) < 4.78 is 0. The zero-order valence-electron chi connectivity index (χ0n) is 11.3. The topological polar surface area (TPSA) is 17.1 Å². The van der Waals surface area contributed by atoms with E-state index in [0.29, 0.717) is 6.42 Å². The van der Waals surface area contributed by atoms with Gasteiger partial charge in [0, 0.05) is 12.0 Å². The first-order valence-electron chi connectivity index (χ1n) is 6.86. The van der Waals surface area contributed by atoms with Crippen molar-refractivity contribution in [2.75, 3.05) is 0 Å². The smallest absolute Gasteiger partial charge is 0.164 e. The molecule has 0 bridgehead atoms. The van der Waals surface area contributed by atoms with E-state index >= 15 is 0 Å². The Morgan fingerprint density at radius 1 is 0.950 bits per heavy atom. The van der Waals surface area contributed by atoms with Crippen molar-refractivity contribution in [3.63, 3.8) is 0 Å². The number of fused-ring (bicyclic) bond motifs is 2. The van der Waals surface area contributed by atoms with Gasteiger partial charge in [0.1, 0.15) is 0 Å². The van der Waals surface area contributed by atoms with Crippen LogP contribution in [0.3, 0.4) is 0 Å². The molecule has 0 saturated carbocycles. The summed E-state index contributed by atoms with van der Waals surface area (Å²) in [6, 6.07) is 18.3. The van der Waals surface area contributed by atoms with E-state index in [-0.39, 0.29) is 5.78 Å². The van der Waals surface area contributed by atoms with E-state index in [0.717, 1.165) is 33.5 Å². The number of carbonyl (C=O) groups is 1. The van der Waals surface area contributed by atoms with Gasteiger partial charge in [0.25, 0.3) is 0 Å². The number of carbonyl (C=O) groups excluding carboxylic acids is 1. The number of hydrogen-bond donors (Lipinski definition) is 0. The summed E-state index contributed by atoms with van der Waals surface area (Å²) in [7, 11) is 0. The lowest BCUT2D eigenvalue weighted by molar-refractivity contribution is 0.0987. The largest absolute Gasteiger partial charge is 0.294 e. The zero-order chi connectivity index (χ0) is 13.9. The molecule has 0 aromatic heterocycles. The average molecular weight is 260 g/mol. The van der Waals surface area contributed by atoms with Crippen LogP contribution < -0.4 is 0 Å². The van der Waals surface area contributed by atoms with E-state index in [4.69, 9.17) is 0 Å². The standard InChI is InChI=1S/C19H16O/c1-2-3-12-18(20)19-16-10-6-4-8-14(16)13-15-9-5-7-11-17(15)19/h2,4-11,13H,1,3,12H2. The van der Waals surface area contributed by atoms with E-state index in [1.54, 1.807) is 6.08 Å². The van der Waals surface area contributed by atoms with Crippen LogP contribution in [0.25, 0.3) is 21.5 Å². The average Bonchev–Trinajstić information content (AvgIpc) is 2.50. The molecule has 0 N–H and O–H groups in total. The third-order valence-corrected chi connectivity index (χ3v) is 3.63. The third-order valence-electron chi connectivity index (χ3n) is 3.63. The molecular weight excluding hydrogens is 244 g/mol. The first-order valence-corrected chi connectivity index (χ1v) is 6.86. The number of allylic oxidation sites excluding steroid dienone is 1. The molecule has 3 aromatic carbocycles. The molecule has 0 saturated heterocycles. The number of benzene rings is 3. The SMILES string of the molecule is C=CCCC(=O)c1c2ccccc2cc2ccccc12. The second kappa shape index (κ2) is 5.30. The van der Waals surface area contributed by atoms with Gasteiger partial charge in [-0.3, -0.25) is 4.79 Å². The maximum absolute atomic E-state index is 12.6. The van der Waals surface area contributed by atoms with E-state index < -0.39 is 0 Å². The predicted octanol–water partition coefficient (Wildman–Crippen LogP) is 5.14. The van der Waals surface area contributed by atoms with Crippen LogP contribution in [0.1, 0.15) is 23.2 Å². The minimum absolute atomic E-state index is 0.192. The van der Waals surface area contributed by atoms with Crippen LogP contribution in [0.4, 0.5) is 0 Å². The van der Waals surface area contributed by atoms with Gasteiger partial charge >= 0.3 is 0 Å². The summed E-state index contributed by atoms with van der Waals surface area (Å²) >= 11 is 0. The van der Waals surface area contributed by atoms with Gasteiger partial charge in [0.05, 0.1) is 0 Å². The molecule has 0 heterocycles. The maximum Gasteiger partial charge on any atom is 0.164 e. The van der Waals surface area contributed by atoms with Crippen LogP contribution in [-0.4, -0.2) is 5.78 Å². The molecule has 0 aliphatic heterocycles. The number of ketones is 1. The van der Waals surface area contributed by atoms with Gasteiger partial charge in [-0.1, -0.05) is 54.6 Å². The van der Waals surface area contributed by atoms with Crippen molar-refractivity contribution in [2.45, 2.75) is 12.8 Å². The molecule has 0 spiro atoms. The Hall–Kier alpha value is -2.41. The van der Waals surface area contributed by atoms with Gasteiger partial charge < -0.3 is 0 Å². The van der Waals surface area contributed by atoms with Crippen LogP contribution in [0.5, 0.6) is 0 Å². The highest BCUT2D eigenvalue weighted by atomic mass is 16.1. The quantitative estimate of drug-likeness (QED) is 0.360. The molecule has 98 valence electrons. The molecule has 3 rings (SSSR count). The van der Waals surface area contributed by atoms with Crippen LogP contribution in [-0.2, 0) is 0 Å². The van der Waals surface area contributed by atoms with Crippen molar-refractivity contribution >= 4 is 27.3 Å². The summed E-state index contributed by atoms with van der Waals surface area (Å²) in [5.74, 6) is 0.192. The Morgan fingerprint density at radius 3 is 2.05 bits per heavy atom. The van der Waals surface area contributed by atoms with Gasteiger partial charge in [0.2, 0.25) is 0 Å². The Bertz CT molecular complexity index is 745. The Morgan fingerprint density at radius 2 is 1.50 bits per heavy atom. The highest BCUT2D eigenvalue weighted by molar-refractivity contribution is 6.18. The van der Waals surface area contributed by atoms with E-state index in [1.165, 1.54) is 0 Å². The summed E-state index contributed by atoms with van der Waals surface area (Å²) in [6.07, 6.45) is 3.03. The minimum atomic E-state index is 0.192. The van der Waals surface area contributed by atoms with Crippen molar-refractivity contribution in [1.82, 2.24) is 0 Å². The lowest BCUT2D eigenvalue weighted by Gasteiger charge is -2.10. The summed E-state index contributed by atoms with van der Waals surface area (Å²) in [5.41, 5.74) is 0.848. The molecular formula is C19H16O. The molecule has 0 radical (unpaired) electrons. The number of rotatable bonds is 4. The first kappa shape index (κ1) is 12.6. The van der Waals surface area contributed by atoms with Crippen LogP contribution in [0.15, 0.2) is 67.3 Å². The van der Waals surface area contributed by atoms with E-state index in [1.807, 2.05) is 36.4 Å². The predicted molar refractivity (Wildman–Crippen MR) is 85.2 cm³/mol. The molecule has 0 amide bonds. The van der Waals surface area contributed by atoms with Gasteiger partial charge in [-0.2, -0.15) is 0 Å². The Labute approximate surface area is 118 Å². The molecule has 1 heteroatoms. The molecule has 0 fully saturated rings. The Balaban J connectivity index is 2.33.